The maximum Gasteiger partial charge on any atom is 0.321 e. The average Bonchev–Trinajstić information content (AvgIpc) is 2.47. The number of ether oxygens (including phenoxy) is 1. The van der Waals surface area contributed by atoms with Gasteiger partial charge in [0, 0.05) is 6.92 Å². The van der Waals surface area contributed by atoms with E-state index in [-0.39, 0.29) is 6.42 Å². The SMILES string of the molecule is CC(=O)N[C@H]1C(O)O[C@H](CO)[C@@H](O)[C@@H]1O.NC(=O)CC(N)C(=O)O. The maximum atomic E-state index is 10.7. The van der Waals surface area contributed by atoms with Gasteiger partial charge in [-0.15, -0.1) is 0 Å². The van der Waals surface area contributed by atoms with Crippen LogP contribution in [0.5, 0.6) is 0 Å². The highest BCUT2D eigenvalue weighted by Crippen LogP contribution is 2.19. The van der Waals surface area contributed by atoms with Crippen LogP contribution in [0, 0.1) is 0 Å². The Kier molecular flexibility index (Phi) is 9.35. The van der Waals surface area contributed by atoms with E-state index < -0.39 is 61.1 Å². The molecule has 12 nitrogen and oxygen atoms in total. The third-order valence-corrected chi connectivity index (χ3v) is 3.01. The van der Waals surface area contributed by atoms with Crippen molar-refractivity contribution in [1.29, 1.82) is 0 Å². The fraction of sp³-hybridized carbons (Fsp3) is 0.750. The first kappa shape index (κ1) is 22.2. The lowest BCUT2D eigenvalue weighted by Crippen LogP contribution is -2.63. The van der Waals surface area contributed by atoms with Crippen LogP contribution in [0.15, 0.2) is 0 Å². The Morgan fingerprint density at radius 1 is 1.21 bits per heavy atom. The summed E-state index contributed by atoms with van der Waals surface area (Å²) in [4.78, 5) is 30.6. The van der Waals surface area contributed by atoms with E-state index in [1.807, 2.05) is 0 Å². The highest BCUT2D eigenvalue weighted by Gasteiger charge is 2.43. The minimum Gasteiger partial charge on any atom is -0.480 e. The number of nitrogens with two attached hydrogens (primary N) is 2. The summed E-state index contributed by atoms with van der Waals surface area (Å²) < 4.78 is 4.81. The normalized spacial score (nSPS) is 30.5. The quantitative estimate of drug-likeness (QED) is 0.235. The minimum atomic E-state index is -1.45. The van der Waals surface area contributed by atoms with Crippen molar-refractivity contribution in [2.24, 2.45) is 11.5 Å². The molecule has 1 rings (SSSR count). The highest BCUT2D eigenvalue weighted by atomic mass is 16.6. The maximum absolute atomic E-state index is 10.7. The molecule has 0 aromatic heterocycles. The number of carboxylic acid groups (broad SMARTS) is 1. The summed E-state index contributed by atoms with van der Waals surface area (Å²) in [5.74, 6) is -2.38. The molecule has 10 N–H and O–H groups in total. The van der Waals surface area contributed by atoms with E-state index in [9.17, 15) is 29.7 Å². The second-order valence-electron chi connectivity index (χ2n) is 5.07. The fourth-order valence-corrected chi connectivity index (χ4v) is 1.79. The van der Waals surface area contributed by atoms with Gasteiger partial charge in [0.05, 0.1) is 13.0 Å². The Balaban J connectivity index is 0.000000506. The zero-order valence-corrected chi connectivity index (χ0v) is 12.9. The second-order valence-corrected chi connectivity index (χ2v) is 5.07. The van der Waals surface area contributed by atoms with Crippen LogP contribution in [-0.4, -0.2) is 86.6 Å². The predicted molar refractivity (Wildman–Crippen MR) is 77.0 cm³/mol. The Morgan fingerprint density at radius 2 is 1.75 bits per heavy atom. The number of aliphatic carboxylic acids is 1. The molecule has 0 bridgehead atoms. The fourth-order valence-electron chi connectivity index (χ4n) is 1.79. The lowest BCUT2D eigenvalue weighted by atomic mass is 9.97. The topological polar surface area (TPSA) is 226 Å². The third-order valence-electron chi connectivity index (χ3n) is 3.01. The number of carboxylic acids is 1. The molecule has 0 aromatic rings. The molecule has 1 fully saturated rings. The summed E-state index contributed by atoms with van der Waals surface area (Å²) in [5.41, 5.74) is 9.57. The standard InChI is InChI=1S/C8H15NO6.C4H8N2O3/c1-3(11)9-5-7(13)6(12)4(2-10)15-8(5)14;5-2(4(8)9)1-3(6)7/h4-8,10,12-14H,2H2,1H3,(H,9,11);2H,1,5H2,(H2,6,7)(H,8,9)/t4-,5-,6-,7-,8?;/m1./s1. The van der Waals surface area contributed by atoms with Gasteiger partial charge in [-0.3, -0.25) is 14.4 Å². The predicted octanol–water partition coefficient (Wildman–Crippen LogP) is -4.80. The van der Waals surface area contributed by atoms with E-state index in [1.165, 1.54) is 6.92 Å². The van der Waals surface area contributed by atoms with Crippen LogP contribution in [0.1, 0.15) is 13.3 Å². The molecule has 1 aliphatic rings. The molecule has 0 aromatic carbocycles. The van der Waals surface area contributed by atoms with Crippen LogP contribution in [0.3, 0.4) is 0 Å². The highest BCUT2D eigenvalue weighted by molar-refractivity contribution is 5.83. The first-order valence-corrected chi connectivity index (χ1v) is 6.85. The van der Waals surface area contributed by atoms with Crippen molar-refractivity contribution in [1.82, 2.24) is 5.32 Å². The number of carbonyl (C=O) groups excluding carboxylic acids is 2. The van der Waals surface area contributed by atoms with Gasteiger partial charge < -0.3 is 47.1 Å². The lowest BCUT2D eigenvalue weighted by molar-refractivity contribution is -0.253. The smallest absolute Gasteiger partial charge is 0.321 e. The number of amides is 2. The minimum absolute atomic E-state index is 0.310. The molecular formula is C12H23N3O9. The average molecular weight is 353 g/mol. The largest absolute Gasteiger partial charge is 0.480 e. The van der Waals surface area contributed by atoms with E-state index >= 15 is 0 Å². The molecule has 12 heteroatoms. The molecule has 0 radical (unpaired) electrons. The van der Waals surface area contributed by atoms with Crippen molar-refractivity contribution in [3.8, 4) is 0 Å². The Hall–Kier alpha value is -1.83. The van der Waals surface area contributed by atoms with Crippen molar-refractivity contribution in [3.05, 3.63) is 0 Å². The van der Waals surface area contributed by atoms with Crippen LogP contribution in [0.4, 0.5) is 0 Å². The van der Waals surface area contributed by atoms with Crippen molar-refractivity contribution >= 4 is 17.8 Å². The second kappa shape index (κ2) is 10.1. The number of aliphatic hydroxyl groups excluding tert-OH is 4. The molecule has 0 saturated carbocycles. The molecule has 6 atom stereocenters. The van der Waals surface area contributed by atoms with E-state index in [4.69, 9.17) is 20.7 Å². The zero-order chi connectivity index (χ0) is 19.0. The Bertz CT molecular complexity index is 447. The van der Waals surface area contributed by atoms with E-state index in [1.54, 1.807) is 0 Å². The molecule has 2 unspecified atom stereocenters. The van der Waals surface area contributed by atoms with Gasteiger partial charge in [0.1, 0.15) is 30.4 Å². The van der Waals surface area contributed by atoms with Gasteiger partial charge in [-0.05, 0) is 0 Å². The van der Waals surface area contributed by atoms with Crippen molar-refractivity contribution in [2.45, 2.75) is 50.0 Å². The van der Waals surface area contributed by atoms with Gasteiger partial charge in [-0.2, -0.15) is 0 Å². The number of rotatable bonds is 5. The molecule has 1 saturated heterocycles. The Morgan fingerprint density at radius 3 is 2.08 bits per heavy atom. The van der Waals surface area contributed by atoms with Crippen molar-refractivity contribution in [3.63, 3.8) is 0 Å². The molecule has 2 amide bonds. The van der Waals surface area contributed by atoms with Crippen molar-refractivity contribution < 1.29 is 44.7 Å². The molecular weight excluding hydrogens is 330 g/mol. The number of hydrogen-bond donors (Lipinski definition) is 8. The summed E-state index contributed by atoms with van der Waals surface area (Å²) in [7, 11) is 0. The first-order chi connectivity index (χ1) is 11.0. The number of aliphatic hydroxyl groups is 4. The summed E-state index contributed by atoms with van der Waals surface area (Å²) >= 11 is 0. The van der Waals surface area contributed by atoms with E-state index in [0.29, 0.717) is 0 Å². The van der Waals surface area contributed by atoms with Gasteiger partial charge in [-0.25, -0.2) is 0 Å². The van der Waals surface area contributed by atoms with Gasteiger partial charge in [0.15, 0.2) is 6.29 Å². The first-order valence-electron chi connectivity index (χ1n) is 6.85. The van der Waals surface area contributed by atoms with Crippen LogP contribution < -0.4 is 16.8 Å². The van der Waals surface area contributed by atoms with Crippen LogP contribution in [0.2, 0.25) is 0 Å². The number of carbonyl (C=O) groups is 3. The van der Waals surface area contributed by atoms with Gasteiger partial charge >= 0.3 is 5.97 Å². The molecule has 24 heavy (non-hydrogen) atoms. The summed E-state index contributed by atoms with van der Waals surface area (Å²) in [5, 5.41) is 47.5. The van der Waals surface area contributed by atoms with E-state index in [2.05, 4.69) is 11.1 Å². The molecule has 0 aliphatic carbocycles. The van der Waals surface area contributed by atoms with Crippen LogP contribution in [0.25, 0.3) is 0 Å². The van der Waals surface area contributed by atoms with Crippen LogP contribution >= 0.6 is 0 Å². The summed E-state index contributed by atoms with van der Waals surface area (Å²) in [6, 6.07) is -2.26. The number of hydrogen-bond acceptors (Lipinski definition) is 9. The Labute approximate surface area is 137 Å². The number of primary amides is 1. The third kappa shape index (κ3) is 7.16. The zero-order valence-electron chi connectivity index (χ0n) is 12.9. The molecule has 140 valence electrons. The summed E-state index contributed by atoms with van der Waals surface area (Å²) in [6.07, 6.45) is -5.55. The van der Waals surface area contributed by atoms with Crippen molar-refractivity contribution in [2.75, 3.05) is 6.61 Å². The van der Waals surface area contributed by atoms with Gasteiger partial charge in [0.25, 0.3) is 0 Å². The van der Waals surface area contributed by atoms with Gasteiger partial charge in [0.2, 0.25) is 11.8 Å². The monoisotopic (exact) mass is 353 g/mol. The van der Waals surface area contributed by atoms with Gasteiger partial charge in [-0.1, -0.05) is 0 Å². The van der Waals surface area contributed by atoms with E-state index in [0.717, 1.165) is 0 Å². The molecule has 0 spiro atoms. The molecule has 1 aliphatic heterocycles. The van der Waals surface area contributed by atoms with Crippen LogP contribution in [-0.2, 0) is 19.1 Å². The molecule has 1 heterocycles. The lowest BCUT2D eigenvalue weighted by Gasteiger charge is -2.40. The summed E-state index contributed by atoms with van der Waals surface area (Å²) in [6.45, 7) is 0.687. The number of nitrogens with one attached hydrogen (secondary N) is 1.